The number of rotatable bonds is 5. The Morgan fingerprint density at radius 1 is 1.42 bits per heavy atom. The maximum absolute atomic E-state index is 13.3. The van der Waals surface area contributed by atoms with Crippen molar-refractivity contribution in [3.63, 3.8) is 0 Å². The number of nitrogens with one attached hydrogen (secondary N) is 2. The molecule has 8 heteroatoms. The monoisotopic (exact) mass is 273 g/mol. The standard InChI is InChI=1S/C11H13F2N3O3/c1-6(2)15-10(17)5-14-9-4-7(12)3-8(13)11(9)16(18)19/h3-4,6,14H,5H2,1-2H3,(H,15,17). The Kier molecular flexibility index (Phi) is 4.74. The summed E-state index contributed by atoms with van der Waals surface area (Å²) in [6, 6.07) is 1.08. The molecule has 0 aliphatic rings. The zero-order valence-electron chi connectivity index (χ0n) is 10.4. The van der Waals surface area contributed by atoms with Gasteiger partial charge < -0.3 is 10.6 Å². The summed E-state index contributed by atoms with van der Waals surface area (Å²) in [4.78, 5) is 21.1. The number of nitro benzene ring substituents is 1. The zero-order chi connectivity index (χ0) is 14.6. The Morgan fingerprint density at radius 3 is 2.58 bits per heavy atom. The highest BCUT2D eigenvalue weighted by molar-refractivity contribution is 5.81. The molecule has 0 bridgehead atoms. The van der Waals surface area contributed by atoms with Crippen LogP contribution in [0.25, 0.3) is 0 Å². The van der Waals surface area contributed by atoms with Crippen molar-refractivity contribution in [2.24, 2.45) is 0 Å². The van der Waals surface area contributed by atoms with E-state index in [0.717, 1.165) is 6.07 Å². The van der Waals surface area contributed by atoms with Crippen molar-refractivity contribution in [2.75, 3.05) is 11.9 Å². The van der Waals surface area contributed by atoms with Gasteiger partial charge in [-0.05, 0) is 13.8 Å². The van der Waals surface area contributed by atoms with Gasteiger partial charge in [0.2, 0.25) is 11.7 Å². The van der Waals surface area contributed by atoms with Crippen molar-refractivity contribution in [2.45, 2.75) is 19.9 Å². The van der Waals surface area contributed by atoms with E-state index in [2.05, 4.69) is 10.6 Å². The number of nitro groups is 1. The third-order valence-corrected chi connectivity index (χ3v) is 2.10. The van der Waals surface area contributed by atoms with Gasteiger partial charge in [0.15, 0.2) is 0 Å². The van der Waals surface area contributed by atoms with Crippen LogP contribution in [0, 0.1) is 21.7 Å². The van der Waals surface area contributed by atoms with E-state index in [-0.39, 0.29) is 18.3 Å². The fourth-order valence-electron chi connectivity index (χ4n) is 1.43. The molecule has 2 N–H and O–H groups in total. The van der Waals surface area contributed by atoms with Crippen molar-refractivity contribution >= 4 is 17.3 Å². The zero-order valence-corrected chi connectivity index (χ0v) is 10.4. The molecule has 0 fully saturated rings. The Morgan fingerprint density at radius 2 is 2.05 bits per heavy atom. The van der Waals surface area contributed by atoms with Gasteiger partial charge in [-0.2, -0.15) is 4.39 Å². The average Bonchev–Trinajstić information content (AvgIpc) is 2.23. The summed E-state index contributed by atoms with van der Waals surface area (Å²) in [5.41, 5.74) is -1.26. The number of hydrogen-bond donors (Lipinski definition) is 2. The van der Waals surface area contributed by atoms with E-state index in [1.165, 1.54) is 0 Å². The van der Waals surface area contributed by atoms with Gasteiger partial charge in [-0.25, -0.2) is 4.39 Å². The SMILES string of the molecule is CC(C)NC(=O)CNc1cc(F)cc(F)c1[N+](=O)[O-]. The molecule has 0 atom stereocenters. The van der Waals surface area contributed by atoms with Gasteiger partial charge in [-0.1, -0.05) is 0 Å². The van der Waals surface area contributed by atoms with Crippen LogP contribution in [0.2, 0.25) is 0 Å². The van der Waals surface area contributed by atoms with Gasteiger partial charge in [-0.15, -0.1) is 0 Å². The van der Waals surface area contributed by atoms with Gasteiger partial charge in [0.1, 0.15) is 11.5 Å². The first-order valence-corrected chi connectivity index (χ1v) is 5.48. The van der Waals surface area contributed by atoms with Gasteiger partial charge >= 0.3 is 5.69 Å². The molecule has 0 saturated heterocycles. The molecular weight excluding hydrogens is 260 g/mol. The summed E-state index contributed by atoms with van der Waals surface area (Å²) in [5, 5.41) is 15.6. The normalized spacial score (nSPS) is 10.4. The molecule has 1 amide bonds. The summed E-state index contributed by atoms with van der Waals surface area (Å²) >= 11 is 0. The lowest BCUT2D eigenvalue weighted by molar-refractivity contribution is -0.386. The minimum atomic E-state index is -1.29. The maximum atomic E-state index is 13.3. The minimum absolute atomic E-state index is 0.103. The summed E-state index contributed by atoms with van der Waals surface area (Å²) in [6.07, 6.45) is 0. The van der Waals surface area contributed by atoms with Gasteiger partial charge in [0.25, 0.3) is 0 Å². The van der Waals surface area contributed by atoms with Gasteiger partial charge in [0, 0.05) is 18.2 Å². The number of nitrogens with zero attached hydrogens (tertiary/aromatic N) is 1. The minimum Gasteiger partial charge on any atom is -0.370 e. The van der Waals surface area contributed by atoms with Crippen LogP contribution in [0.1, 0.15) is 13.8 Å². The van der Waals surface area contributed by atoms with Crippen LogP contribution < -0.4 is 10.6 Å². The molecule has 0 aromatic heterocycles. The average molecular weight is 273 g/mol. The highest BCUT2D eigenvalue weighted by atomic mass is 19.1. The largest absolute Gasteiger partial charge is 0.370 e. The van der Waals surface area contributed by atoms with Gasteiger partial charge in [0.05, 0.1) is 11.5 Å². The third-order valence-electron chi connectivity index (χ3n) is 2.10. The van der Waals surface area contributed by atoms with Crippen LogP contribution in [0.4, 0.5) is 20.2 Å². The van der Waals surface area contributed by atoms with Crippen molar-refractivity contribution in [3.8, 4) is 0 Å². The van der Waals surface area contributed by atoms with Crippen LogP contribution in [-0.2, 0) is 4.79 Å². The first-order chi connectivity index (χ1) is 8.81. The number of carbonyl (C=O) groups is 1. The number of hydrogen-bond acceptors (Lipinski definition) is 4. The molecular formula is C11H13F2N3O3. The number of benzene rings is 1. The maximum Gasteiger partial charge on any atom is 0.327 e. The smallest absolute Gasteiger partial charge is 0.327 e. The number of amides is 1. The highest BCUT2D eigenvalue weighted by Crippen LogP contribution is 2.28. The molecule has 0 heterocycles. The molecule has 104 valence electrons. The quantitative estimate of drug-likeness (QED) is 0.633. The van der Waals surface area contributed by atoms with E-state index in [4.69, 9.17) is 0 Å². The molecule has 0 aliphatic carbocycles. The second-order valence-corrected chi connectivity index (χ2v) is 4.12. The van der Waals surface area contributed by atoms with Crippen LogP contribution in [-0.4, -0.2) is 23.4 Å². The summed E-state index contributed by atoms with van der Waals surface area (Å²) in [6.45, 7) is 3.16. The summed E-state index contributed by atoms with van der Waals surface area (Å²) < 4.78 is 26.3. The van der Waals surface area contributed by atoms with E-state index >= 15 is 0 Å². The molecule has 6 nitrogen and oxygen atoms in total. The summed E-state index contributed by atoms with van der Waals surface area (Å²) in [7, 11) is 0. The molecule has 0 unspecified atom stereocenters. The molecule has 0 aliphatic heterocycles. The van der Waals surface area contributed by atoms with E-state index in [9.17, 15) is 23.7 Å². The number of halogens is 2. The lowest BCUT2D eigenvalue weighted by Gasteiger charge is -2.10. The van der Waals surface area contributed by atoms with Crippen molar-refractivity contribution < 1.29 is 18.5 Å². The Labute approximate surface area is 108 Å². The predicted molar refractivity (Wildman–Crippen MR) is 64.8 cm³/mol. The van der Waals surface area contributed by atoms with E-state index in [0.29, 0.717) is 6.07 Å². The molecule has 0 spiro atoms. The lowest BCUT2D eigenvalue weighted by atomic mass is 10.2. The third kappa shape index (κ3) is 4.16. The fourth-order valence-corrected chi connectivity index (χ4v) is 1.43. The molecule has 0 saturated carbocycles. The Hall–Kier alpha value is -2.25. The second-order valence-electron chi connectivity index (χ2n) is 4.12. The summed E-state index contributed by atoms with van der Waals surface area (Å²) in [5.74, 6) is -2.69. The molecule has 19 heavy (non-hydrogen) atoms. The van der Waals surface area contributed by atoms with E-state index in [1.807, 2.05) is 0 Å². The molecule has 1 aromatic carbocycles. The number of anilines is 1. The van der Waals surface area contributed by atoms with Crippen LogP contribution in [0.15, 0.2) is 12.1 Å². The highest BCUT2D eigenvalue weighted by Gasteiger charge is 2.22. The topological polar surface area (TPSA) is 84.3 Å². The van der Waals surface area contributed by atoms with Crippen LogP contribution in [0.3, 0.4) is 0 Å². The van der Waals surface area contributed by atoms with Gasteiger partial charge in [-0.3, -0.25) is 14.9 Å². The fraction of sp³-hybridized carbons (Fsp3) is 0.364. The van der Waals surface area contributed by atoms with Crippen LogP contribution >= 0.6 is 0 Å². The Balaban J connectivity index is 2.88. The molecule has 1 aromatic rings. The second kappa shape index (κ2) is 6.07. The Bertz CT molecular complexity index is 506. The number of carbonyl (C=O) groups excluding carboxylic acids is 1. The van der Waals surface area contributed by atoms with Crippen molar-refractivity contribution in [1.82, 2.24) is 5.32 Å². The first-order valence-electron chi connectivity index (χ1n) is 5.48. The van der Waals surface area contributed by atoms with E-state index in [1.54, 1.807) is 13.8 Å². The van der Waals surface area contributed by atoms with E-state index < -0.39 is 28.2 Å². The van der Waals surface area contributed by atoms with Crippen molar-refractivity contribution in [1.29, 1.82) is 0 Å². The van der Waals surface area contributed by atoms with Crippen LogP contribution in [0.5, 0.6) is 0 Å². The first kappa shape index (κ1) is 14.8. The van der Waals surface area contributed by atoms with Crippen molar-refractivity contribution in [3.05, 3.63) is 33.9 Å². The lowest BCUT2D eigenvalue weighted by Crippen LogP contribution is -2.34. The molecule has 1 rings (SSSR count). The molecule has 0 radical (unpaired) electrons. The predicted octanol–water partition coefficient (Wildman–Crippen LogP) is 1.81.